The minimum Gasteiger partial charge on any atom is -0.490 e. The largest absolute Gasteiger partial charge is 0.490 e. The van der Waals surface area contributed by atoms with E-state index in [2.05, 4.69) is 91.8 Å². The summed E-state index contributed by atoms with van der Waals surface area (Å²) in [5.74, 6) is 1.74. The lowest BCUT2D eigenvalue weighted by Crippen LogP contribution is -1.97. The number of allylic oxidation sites excluding steroid dienone is 10. The lowest BCUT2D eigenvalue weighted by molar-refractivity contribution is 0.351. The fourth-order valence-corrected chi connectivity index (χ4v) is 3.87. The molecule has 210 valence electrons. The SMILES string of the molecule is CC(C)=CCCC(C)=CCCC(C)=CCOc1ccc(OCC=C(C)CCC=C(C)CCC=C(C)C)cc1. The van der Waals surface area contributed by atoms with Crippen LogP contribution < -0.4 is 9.47 Å². The Hall–Kier alpha value is -2.74. The molecule has 0 aliphatic rings. The first-order valence-corrected chi connectivity index (χ1v) is 14.4. The molecule has 38 heavy (non-hydrogen) atoms. The van der Waals surface area contributed by atoms with Crippen molar-refractivity contribution in [3.8, 4) is 11.5 Å². The van der Waals surface area contributed by atoms with Gasteiger partial charge >= 0.3 is 0 Å². The zero-order valence-electron chi connectivity index (χ0n) is 25.7. The molecule has 0 atom stereocenters. The Morgan fingerprint density at radius 3 is 1.05 bits per heavy atom. The third-order valence-corrected chi connectivity index (χ3v) is 6.43. The maximum atomic E-state index is 5.90. The van der Waals surface area contributed by atoms with Crippen molar-refractivity contribution in [2.75, 3.05) is 13.2 Å². The summed E-state index contributed by atoms with van der Waals surface area (Å²) in [7, 11) is 0. The van der Waals surface area contributed by atoms with Crippen molar-refractivity contribution >= 4 is 0 Å². The molecular weight excluding hydrogens is 464 g/mol. The molecule has 0 aliphatic heterocycles. The molecule has 2 heteroatoms. The molecule has 0 bridgehead atoms. The number of benzene rings is 1. The third-order valence-electron chi connectivity index (χ3n) is 6.43. The van der Waals surface area contributed by atoms with Crippen molar-refractivity contribution in [3.05, 3.63) is 94.2 Å². The molecule has 0 saturated carbocycles. The second-order valence-electron chi connectivity index (χ2n) is 11.0. The van der Waals surface area contributed by atoms with Gasteiger partial charge in [0.1, 0.15) is 24.7 Å². The number of ether oxygens (including phenoxy) is 2. The van der Waals surface area contributed by atoms with Crippen LogP contribution in [0.4, 0.5) is 0 Å². The summed E-state index contributed by atoms with van der Waals surface area (Å²) in [6, 6.07) is 7.93. The highest BCUT2D eigenvalue weighted by molar-refractivity contribution is 5.31. The minimum absolute atomic E-state index is 0.597. The van der Waals surface area contributed by atoms with E-state index in [1.165, 1.54) is 33.4 Å². The van der Waals surface area contributed by atoms with Crippen molar-refractivity contribution in [3.63, 3.8) is 0 Å². The van der Waals surface area contributed by atoms with E-state index in [0.717, 1.165) is 62.9 Å². The summed E-state index contributed by atoms with van der Waals surface area (Å²) in [5.41, 5.74) is 8.50. The predicted octanol–water partition coefficient (Wildman–Crippen LogP) is 11.3. The van der Waals surface area contributed by atoms with E-state index in [4.69, 9.17) is 9.47 Å². The summed E-state index contributed by atoms with van der Waals surface area (Å²) in [4.78, 5) is 0. The molecule has 0 saturated heterocycles. The summed E-state index contributed by atoms with van der Waals surface area (Å²) >= 11 is 0. The topological polar surface area (TPSA) is 18.5 Å². The summed E-state index contributed by atoms with van der Waals surface area (Å²) < 4.78 is 11.8. The van der Waals surface area contributed by atoms with Crippen LogP contribution in [0.2, 0.25) is 0 Å². The van der Waals surface area contributed by atoms with Crippen LogP contribution in [0.25, 0.3) is 0 Å². The molecule has 0 aromatic heterocycles. The standard InChI is InChI=1S/C36H54O2/c1-29(2)13-9-15-31(5)17-11-19-33(7)25-27-37-35-21-23-36(24-22-35)38-28-26-34(8)20-12-18-32(6)16-10-14-30(3)4/h13-14,17-18,21-26H,9-12,15-16,19-20,27-28H2,1-8H3. The van der Waals surface area contributed by atoms with Crippen LogP contribution in [0.5, 0.6) is 11.5 Å². The van der Waals surface area contributed by atoms with Gasteiger partial charge in [0.05, 0.1) is 0 Å². The third kappa shape index (κ3) is 18.5. The maximum absolute atomic E-state index is 5.90. The zero-order chi connectivity index (χ0) is 28.2. The summed E-state index contributed by atoms with van der Waals surface area (Å²) in [5, 5.41) is 0. The lowest BCUT2D eigenvalue weighted by Gasteiger charge is -2.08. The molecule has 0 radical (unpaired) electrons. The fourth-order valence-electron chi connectivity index (χ4n) is 3.87. The van der Waals surface area contributed by atoms with Gasteiger partial charge in [-0.15, -0.1) is 0 Å². The van der Waals surface area contributed by atoms with Gasteiger partial charge in [-0.3, -0.25) is 0 Å². The molecule has 0 spiro atoms. The second kappa shape index (κ2) is 20.3. The smallest absolute Gasteiger partial charge is 0.120 e. The van der Waals surface area contributed by atoms with E-state index in [1.54, 1.807) is 0 Å². The van der Waals surface area contributed by atoms with E-state index in [9.17, 15) is 0 Å². The van der Waals surface area contributed by atoms with Gasteiger partial charge in [0.2, 0.25) is 0 Å². The Bertz CT molecular complexity index is 892. The van der Waals surface area contributed by atoms with E-state index in [0.29, 0.717) is 13.2 Å². The van der Waals surface area contributed by atoms with Crippen LogP contribution in [0, 0.1) is 0 Å². The van der Waals surface area contributed by atoms with Gasteiger partial charge in [0, 0.05) is 0 Å². The van der Waals surface area contributed by atoms with E-state index in [-0.39, 0.29) is 0 Å². The molecular formula is C36H54O2. The van der Waals surface area contributed by atoms with Gasteiger partial charge < -0.3 is 9.47 Å². The van der Waals surface area contributed by atoms with Crippen molar-refractivity contribution in [1.29, 1.82) is 0 Å². The highest BCUT2D eigenvalue weighted by atomic mass is 16.5. The van der Waals surface area contributed by atoms with Crippen molar-refractivity contribution in [1.82, 2.24) is 0 Å². The van der Waals surface area contributed by atoms with Gasteiger partial charge in [-0.25, -0.2) is 0 Å². The molecule has 0 fully saturated rings. The van der Waals surface area contributed by atoms with Crippen LogP contribution >= 0.6 is 0 Å². The van der Waals surface area contributed by atoms with Gasteiger partial charge in [-0.2, -0.15) is 0 Å². The Morgan fingerprint density at radius 1 is 0.447 bits per heavy atom. The molecule has 1 aromatic carbocycles. The van der Waals surface area contributed by atoms with E-state index >= 15 is 0 Å². The van der Waals surface area contributed by atoms with Gasteiger partial charge in [0.15, 0.2) is 0 Å². The van der Waals surface area contributed by atoms with Crippen LogP contribution in [0.3, 0.4) is 0 Å². The Morgan fingerprint density at radius 2 is 0.737 bits per heavy atom. The molecule has 2 nitrogen and oxygen atoms in total. The minimum atomic E-state index is 0.597. The molecule has 0 amide bonds. The zero-order valence-corrected chi connectivity index (χ0v) is 25.7. The van der Waals surface area contributed by atoms with Crippen molar-refractivity contribution in [2.24, 2.45) is 0 Å². The van der Waals surface area contributed by atoms with Gasteiger partial charge in [0.25, 0.3) is 0 Å². The first-order valence-electron chi connectivity index (χ1n) is 14.4. The highest BCUT2D eigenvalue weighted by Gasteiger charge is 1.98. The summed E-state index contributed by atoms with van der Waals surface area (Å²) in [6.07, 6.45) is 22.7. The molecule has 0 heterocycles. The van der Waals surface area contributed by atoms with Crippen LogP contribution in [-0.4, -0.2) is 13.2 Å². The molecule has 0 aliphatic carbocycles. The number of hydrogen-bond donors (Lipinski definition) is 0. The fraction of sp³-hybridized carbons (Fsp3) is 0.500. The number of rotatable bonds is 18. The second-order valence-corrected chi connectivity index (χ2v) is 11.0. The molecule has 1 rings (SSSR count). The Kier molecular flexibility index (Phi) is 17.7. The van der Waals surface area contributed by atoms with E-state index < -0.39 is 0 Å². The van der Waals surface area contributed by atoms with Crippen molar-refractivity contribution < 1.29 is 9.47 Å². The average Bonchev–Trinajstić information content (AvgIpc) is 2.84. The predicted molar refractivity (Wildman–Crippen MR) is 168 cm³/mol. The van der Waals surface area contributed by atoms with Crippen LogP contribution in [-0.2, 0) is 0 Å². The van der Waals surface area contributed by atoms with Crippen LogP contribution in [0.1, 0.15) is 107 Å². The normalized spacial score (nSPS) is 12.8. The van der Waals surface area contributed by atoms with E-state index in [1.807, 2.05) is 24.3 Å². The van der Waals surface area contributed by atoms with Gasteiger partial charge in [-0.1, -0.05) is 57.7 Å². The molecule has 1 aromatic rings. The van der Waals surface area contributed by atoms with Gasteiger partial charge in [-0.05, 0) is 143 Å². The summed E-state index contributed by atoms with van der Waals surface area (Å²) in [6.45, 7) is 18.7. The van der Waals surface area contributed by atoms with Crippen LogP contribution in [0.15, 0.2) is 94.2 Å². The lowest BCUT2D eigenvalue weighted by atomic mass is 10.1. The highest BCUT2D eigenvalue weighted by Crippen LogP contribution is 2.19. The average molecular weight is 519 g/mol. The maximum Gasteiger partial charge on any atom is 0.120 e. The molecule has 0 unspecified atom stereocenters. The quantitative estimate of drug-likeness (QED) is 0.180. The Labute approximate surface area is 234 Å². The first kappa shape index (κ1) is 33.3. The molecule has 0 N–H and O–H groups in total. The number of hydrogen-bond acceptors (Lipinski definition) is 2. The van der Waals surface area contributed by atoms with Crippen molar-refractivity contribution in [2.45, 2.75) is 107 Å². The first-order chi connectivity index (χ1) is 18.2. The monoisotopic (exact) mass is 518 g/mol. The Balaban J connectivity index is 2.30.